The maximum Gasteiger partial charge on any atom is 0.251 e. The van der Waals surface area contributed by atoms with Gasteiger partial charge in [0.05, 0.1) is 12.1 Å². The van der Waals surface area contributed by atoms with E-state index in [4.69, 9.17) is 0 Å². The van der Waals surface area contributed by atoms with Gasteiger partial charge in [0, 0.05) is 27.9 Å². The van der Waals surface area contributed by atoms with Crippen LogP contribution in [-0.2, 0) is 6.54 Å². The number of benzene rings is 1. The lowest BCUT2D eigenvalue weighted by atomic mass is 9.92. The Bertz CT molecular complexity index is 775. The average Bonchev–Trinajstić information content (AvgIpc) is 2.52. The summed E-state index contributed by atoms with van der Waals surface area (Å²) in [6, 6.07) is 7.76. The van der Waals surface area contributed by atoms with E-state index >= 15 is 0 Å². The molecule has 0 unspecified atom stereocenters. The summed E-state index contributed by atoms with van der Waals surface area (Å²) in [6.45, 7) is 1.71. The van der Waals surface area contributed by atoms with E-state index in [1.165, 1.54) is 16.7 Å². The molecule has 1 fully saturated rings. The quantitative estimate of drug-likeness (QED) is 0.807. The van der Waals surface area contributed by atoms with Gasteiger partial charge in [-0.05, 0) is 47.9 Å². The average molecular weight is 418 g/mol. The van der Waals surface area contributed by atoms with Crippen molar-refractivity contribution in [2.24, 2.45) is 0 Å². The predicted octanol–water partition coefficient (Wildman–Crippen LogP) is 2.95. The molecule has 0 spiro atoms. The molecule has 7 heteroatoms. The summed E-state index contributed by atoms with van der Waals surface area (Å²) in [5.74, 6) is -0.373. The number of pyridine rings is 1. The van der Waals surface area contributed by atoms with Gasteiger partial charge >= 0.3 is 0 Å². The van der Waals surface area contributed by atoms with Crippen LogP contribution in [-0.4, -0.2) is 28.4 Å². The van der Waals surface area contributed by atoms with Gasteiger partial charge in [-0.2, -0.15) is 0 Å². The van der Waals surface area contributed by atoms with Gasteiger partial charge in [0.1, 0.15) is 5.82 Å². The van der Waals surface area contributed by atoms with E-state index in [1.807, 2.05) is 0 Å². The summed E-state index contributed by atoms with van der Waals surface area (Å²) >= 11 is 3.41. The van der Waals surface area contributed by atoms with Gasteiger partial charge in [-0.1, -0.05) is 18.2 Å². The van der Waals surface area contributed by atoms with Gasteiger partial charge in [-0.25, -0.2) is 4.39 Å². The zero-order valence-corrected chi connectivity index (χ0v) is 15.4. The van der Waals surface area contributed by atoms with Crippen LogP contribution < -0.4 is 10.9 Å². The summed E-state index contributed by atoms with van der Waals surface area (Å²) in [4.78, 5) is 12.4. The molecule has 1 aromatic carbocycles. The first-order chi connectivity index (χ1) is 11.0. The van der Waals surface area contributed by atoms with E-state index in [1.54, 1.807) is 24.4 Å². The number of piperidine rings is 1. The zero-order valence-electron chi connectivity index (χ0n) is 13.0. The van der Waals surface area contributed by atoms with Crippen LogP contribution in [0.3, 0.4) is 0 Å². The number of aromatic nitrogens is 1. The molecule has 1 aliphatic rings. The van der Waals surface area contributed by atoms with Crippen LogP contribution in [0.15, 0.2) is 45.8 Å². The molecule has 0 bridgehead atoms. The van der Waals surface area contributed by atoms with E-state index in [9.17, 15) is 14.3 Å². The Hall–Kier alpha value is -1.21. The lowest BCUT2D eigenvalue weighted by Crippen LogP contribution is -2.46. The van der Waals surface area contributed by atoms with Crippen molar-refractivity contribution in [3.05, 3.63) is 57.2 Å². The van der Waals surface area contributed by atoms with Crippen molar-refractivity contribution in [1.82, 2.24) is 9.88 Å². The number of nitrogens with one attached hydrogen (secondary N) is 1. The fraction of sp³-hybridized carbons (Fsp3) is 0.353. The van der Waals surface area contributed by atoms with Crippen LogP contribution in [0.25, 0.3) is 11.1 Å². The molecule has 2 heterocycles. The third kappa shape index (κ3) is 4.06. The third-order valence-corrected chi connectivity index (χ3v) is 4.87. The highest BCUT2D eigenvalue weighted by atomic mass is 79.9. The van der Waals surface area contributed by atoms with Crippen molar-refractivity contribution < 1.29 is 9.50 Å². The topological polar surface area (TPSA) is 54.3 Å². The minimum atomic E-state index is -0.881. The minimum Gasteiger partial charge on any atom is -0.388 e. The van der Waals surface area contributed by atoms with E-state index in [0.29, 0.717) is 28.4 Å². The highest BCUT2D eigenvalue weighted by Gasteiger charge is 2.30. The van der Waals surface area contributed by atoms with Crippen molar-refractivity contribution in [3.63, 3.8) is 0 Å². The largest absolute Gasteiger partial charge is 0.388 e. The third-order valence-electron chi connectivity index (χ3n) is 4.24. The highest BCUT2D eigenvalue weighted by molar-refractivity contribution is 9.10. The molecule has 0 amide bonds. The molecule has 4 nitrogen and oxygen atoms in total. The fourth-order valence-corrected chi connectivity index (χ4v) is 3.50. The van der Waals surface area contributed by atoms with Crippen LogP contribution in [0.4, 0.5) is 4.39 Å². The molecular weight excluding hydrogens is 399 g/mol. The van der Waals surface area contributed by atoms with Gasteiger partial charge < -0.3 is 15.0 Å². The summed E-state index contributed by atoms with van der Waals surface area (Å²) in [5, 5.41) is 13.8. The molecule has 2 aromatic rings. The monoisotopic (exact) mass is 416 g/mol. The van der Waals surface area contributed by atoms with Crippen LogP contribution in [0.1, 0.15) is 12.8 Å². The normalized spacial score (nSPS) is 16.5. The Labute approximate surface area is 154 Å². The van der Waals surface area contributed by atoms with E-state index in [0.717, 1.165) is 13.1 Å². The molecule has 2 N–H and O–H groups in total. The number of halogens is 3. The molecule has 0 aliphatic carbocycles. The van der Waals surface area contributed by atoms with Gasteiger partial charge in [-0.15, -0.1) is 12.4 Å². The van der Waals surface area contributed by atoms with Crippen LogP contribution >= 0.6 is 28.3 Å². The number of hydrogen-bond donors (Lipinski definition) is 2. The molecule has 3 rings (SSSR count). The molecule has 1 aromatic heterocycles. The maximum atomic E-state index is 13.9. The van der Waals surface area contributed by atoms with Gasteiger partial charge in [-0.3, -0.25) is 4.79 Å². The number of hydrogen-bond acceptors (Lipinski definition) is 3. The Morgan fingerprint density at radius 2 is 1.92 bits per heavy atom. The standard InChI is InChI=1S/C17H18BrFN2O2.ClH/c18-14-10-21(11-17(23)5-7-20-8-6-17)16(22)9-13(14)12-3-1-2-4-15(12)19;/h1-4,9-10,20,23H,5-8,11H2;1H. The lowest BCUT2D eigenvalue weighted by molar-refractivity contribution is -0.00619. The second-order valence-corrected chi connectivity index (χ2v) is 6.81. The fourth-order valence-electron chi connectivity index (χ4n) is 2.92. The van der Waals surface area contributed by atoms with Gasteiger partial charge in [0.25, 0.3) is 5.56 Å². The minimum absolute atomic E-state index is 0. The SMILES string of the molecule is Cl.O=c1cc(-c2ccccc2F)c(Br)cn1CC1(O)CCNCC1. The first kappa shape index (κ1) is 19.1. The Morgan fingerprint density at radius 1 is 1.25 bits per heavy atom. The number of nitrogens with zero attached hydrogens (tertiary/aromatic N) is 1. The molecule has 1 aliphatic heterocycles. The summed E-state index contributed by atoms with van der Waals surface area (Å²) in [6.07, 6.45) is 2.84. The van der Waals surface area contributed by atoms with Gasteiger partial charge in [0.2, 0.25) is 0 Å². The molecular formula is C17H19BrClFN2O2. The molecule has 24 heavy (non-hydrogen) atoms. The van der Waals surface area contributed by atoms with Crippen molar-refractivity contribution in [2.45, 2.75) is 25.0 Å². The molecule has 130 valence electrons. The molecule has 0 saturated carbocycles. The summed E-state index contributed by atoms with van der Waals surface area (Å²) < 4.78 is 16.1. The van der Waals surface area contributed by atoms with E-state index in [-0.39, 0.29) is 30.3 Å². The summed E-state index contributed by atoms with van der Waals surface area (Å²) in [5.41, 5.74) is -0.238. The van der Waals surface area contributed by atoms with Crippen LogP contribution in [0.5, 0.6) is 0 Å². The maximum absolute atomic E-state index is 13.9. The summed E-state index contributed by atoms with van der Waals surface area (Å²) in [7, 11) is 0. The second-order valence-electron chi connectivity index (χ2n) is 5.96. The van der Waals surface area contributed by atoms with E-state index in [2.05, 4.69) is 21.2 Å². The van der Waals surface area contributed by atoms with Crippen molar-refractivity contribution in [1.29, 1.82) is 0 Å². The molecule has 0 atom stereocenters. The van der Waals surface area contributed by atoms with Crippen LogP contribution in [0.2, 0.25) is 0 Å². The molecule has 1 saturated heterocycles. The Balaban J connectivity index is 0.00000208. The number of rotatable bonds is 3. The molecule has 0 radical (unpaired) electrons. The zero-order chi connectivity index (χ0) is 16.4. The Morgan fingerprint density at radius 3 is 2.58 bits per heavy atom. The first-order valence-electron chi connectivity index (χ1n) is 7.56. The first-order valence-corrected chi connectivity index (χ1v) is 8.36. The van der Waals surface area contributed by atoms with Gasteiger partial charge in [0.15, 0.2) is 0 Å². The highest BCUT2D eigenvalue weighted by Crippen LogP contribution is 2.29. The van der Waals surface area contributed by atoms with Crippen LogP contribution in [0, 0.1) is 5.82 Å². The lowest BCUT2D eigenvalue weighted by Gasteiger charge is -2.33. The van der Waals surface area contributed by atoms with E-state index < -0.39 is 5.60 Å². The number of aliphatic hydroxyl groups is 1. The van der Waals surface area contributed by atoms with Crippen molar-refractivity contribution in [2.75, 3.05) is 13.1 Å². The van der Waals surface area contributed by atoms with Crippen molar-refractivity contribution in [3.8, 4) is 11.1 Å². The predicted molar refractivity (Wildman–Crippen MR) is 98.1 cm³/mol. The van der Waals surface area contributed by atoms with Crippen molar-refractivity contribution >= 4 is 28.3 Å². The smallest absolute Gasteiger partial charge is 0.251 e. The second kappa shape index (κ2) is 7.78. The Kier molecular flexibility index (Phi) is 6.20.